The Hall–Kier alpha value is -3.81. The summed E-state index contributed by atoms with van der Waals surface area (Å²) < 4.78 is 21.9. The van der Waals surface area contributed by atoms with Gasteiger partial charge in [-0.25, -0.2) is 9.59 Å². The summed E-state index contributed by atoms with van der Waals surface area (Å²) in [6.45, 7) is 10.2. The molecule has 0 bridgehead atoms. The Bertz CT molecular complexity index is 1480. The largest absolute Gasteiger partial charge is 0.492 e. The van der Waals surface area contributed by atoms with E-state index in [-0.39, 0.29) is 5.97 Å². The maximum Gasteiger partial charge on any atom is 0.343 e. The van der Waals surface area contributed by atoms with E-state index in [1.807, 2.05) is 38.1 Å². The van der Waals surface area contributed by atoms with Gasteiger partial charge in [-0.05, 0) is 98.5 Å². The molecule has 0 heterocycles. The number of unbranched alkanes of at least 4 members (excludes halogenated alkanes) is 5. The first-order valence-corrected chi connectivity index (χ1v) is 17.3. The lowest BCUT2D eigenvalue weighted by atomic mass is 10.0. The van der Waals surface area contributed by atoms with Crippen LogP contribution in [0.15, 0.2) is 78.9 Å². The second-order valence-corrected chi connectivity index (χ2v) is 13.2. The molecule has 0 saturated carbocycles. The van der Waals surface area contributed by atoms with E-state index in [0.717, 1.165) is 62.5 Å². The first kappa shape index (κ1) is 38.6. The van der Waals surface area contributed by atoms with E-state index in [1.165, 1.54) is 0 Å². The van der Waals surface area contributed by atoms with Crippen molar-refractivity contribution in [3.63, 3.8) is 0 Å². The average molecular weight is 698 g/mol. The van der Waals surface area contributed by atoms with Gasteiger partial charge in [0.15, 0.2) is 0 Å². The van der Waals surface area contributed by atoms with Gasteiger partial charge in [-0.15, -0.1) is 11.6 Å². The Morgan fingerprint density at radius 1 is 0.750 bits per heavy atom. The van der Waals surface area contributed by atoms with Crippen LogP contribution >= 0.6 is 23.2 Å². The van der Waals surface area contributed by atoms with Crippen molar-refractivity contribution in [3.8, 4) is 17.2 Å². The summed E-state index contributed by atoms with van der Waals surface area (Å²) in [5.41, 5.74) is 2.95. The molecule has 258 valence electrons. The van der Waals surface area contributed by atoms with Gasteiger partial charge in [0.05, 0.1) is 23.8 Å². The Balaban J connectivity index is 1.34. The molecule has 0 radical (unpaired) electrons. The number of ether oxygens (including phenoxy) is 4. The molecule has 3 aromatic rings. The molecular weight excluding hydrogens is 651 g/mol. The third kappa shape index (κ3) is 14.1. The number of benzene rings is 3. The Labute approximate surface area is 294 Å². The minimum atomic E-state index is -0.660. The first-order chi connectivity index (χ1) is 23.0. The number of carbonyl (C=O) groups is 3. The van der Waals surface area contributed by atoms with Gasteiger partial charge < -0.3 is 18.9 Å². The fraction of sp³-hybridized carbons (Fsp3) is 0.410. The van der Waals surface area contributed by atoms with Crippen molar-refractivity contribution in [2.45, 2.75) is 83.9 Å². The topological polar surface area (TPSA) is 88.1 Å². The summed E-state index contributed by atoms with van der Waals surface area (Å²) in [7, 11) is 0. The summed E-state index contributed by atoms with van der Waals surface area (Å²) in [6.07, 6.45) is 8.04. The van der Waals surface area contributed by atoms with E-state index in [1.54, 1.807) is 49.4 Å². The zero-order chi connectivity index (χ0) is 34.9. The number of esters is 3. The lowest BCUT2D eigenvalue weighted by Crippen LogP contribution is -2.22. The molecule has 0 N–H and O–H groups in total. The highest BCUT2D eigenvalue weighted by Crippen LogP contribution is 2.27. The van der Waals surface area contributed by atoms with Crippen LogP contribution in [0.3, 0.4) is 0 Å². The number of alkyl halides is 1. The van der Waals surface area contributed by atoms with Crippen molar-refractivity contribution >= 4 is 41.1 Å². The Morgan fingerprint density at radius 3 is 1.83 bits per heavy atom. The molecule has 7 nitrogen and oxygen atoms in total. The standard InChI is InChI=1S/C39H46Cl2O7/c1-27(2)25-35(41)39(44)48-33-20-15-30(16-21-33)12-11-29-13-18-32(19-14-29)47-38(43)31-17-22-36(34(40)26-31)45-23-9-7-5-6-8-10-24-46-37(42)28(3)4/h13-22,26-27,35H,3,5-12,23-25H2,1-2,4H3/t35-/m0/s1. The highest BCUT2D eigenvalue weighted by atomic mass is 35.5. The zero-order valence-corrected chi connectivity index (χ0v) is 29.6. The molecule has 0 fully saturated rings. The van der Waals surface area contributed by atoms with Gasteiger partial charge in [0.1, 0.15) is 22.6 Å². The third-order valence-electron chi connectivity index (χ3n) is 7.46. The number of aryl methyl sites for hydroxylation is 2. The molecule has 48 heavy (non-hydrogen) atoms. The monoisotopic (exact) mass is 696 g/mol. The van der Waals surface area contributed by atoms with Crippen molar-refractivity contribution in [2.75, 3.05) is 13.2 Å². The molecule has 0 aliphatic heterocycles. The summed E-state index contributed by atoms with van der Waals surface area (Å²) in [5, 5.41) is -0.308. The van der Waals surface area contributed by atoms with Crippen molar-refractivity contribution < 1.29 is 33.3 Å². The van der Waals surface area contributed by atoms with Gasteiger partial charge in [0.25, 0.3) is 0 Å². The normalized spacial score (nSPS) is 11.5. The summed E-state index contributed by atoms with van der Waals surface area (Å²) >= 11 is 12.5. The molecule has 0 aromatic heterocycles. The van der Waals surface area contributed by atoms with Crippen LogP contribution in [-0.4, -0.2) is 36.5 Å². The van der Waals surface area contributed by atoms with Crippen LogP contribution in [0.5, 0.6) is 17.2 Å². The van der Waals surface area contributed by atoms with Gasteiger partial charge >= 0.3 is 17.9 Å². The van der Waals surface area contributed by atoms with Crippen molar-refractivity contribution in [1.82, 2.24) is 0 Å². The average Bonchev–Trinajstić information content (AvgIpc) is 3.06. The maximum atomic E-state index is 12.8. The zero-order valence-electron chi connectivity index (χ0n) is 28.1. The van der Waals surface area contributed by atoms with Crippen molar-refractivity contribution in [2.24, 2.45) is 5.92 Å². The molecule has 0 unspecified atom stereocenters. The van der Waals surface area contributed by atoms with E-state index in [2.05, 4.69) is 6.58 Å². The van der Waals surface area contributed by atoms with E-state index in [4.69, 9.17) is 42.1 Å². The fourth-order valence-corrected chi connectivity index (χ4v) is 5.36. The molecule has 0 aliphatic rings. The smallest absolute Gasteiger partial charge is 0.343 e. The minimum absolute atomic E-state index is 0.310. The van der Waals surface area contributed by atoms with Gasteiger partial charge in [-0.1, -0.05) is 82.0 Å². The van der Waals surface area contributed by atoms with Crippen LogP contribution < -0.4 is 14.2 Å². The molecular formula is C39H46Cl2O7. The van der Waals surface area contributed by atoms with Crippen LogP contribution in [-0.2, 0) is 27.2 Å². The lowest BCUT2D eigenvalue weighted by Gasteiger charge is -2.12. The quantitative estimate of drug-likeness (QED) is 0.0382. The van der Waals surface area contributed by atoms with Gasteiger partial charge in [0, 0.05) is 5.57 Å². The summed E-state index contributed by atoms with van der Waals surface area (Å²) in [5.74, 6) is 0.481. The number of halogens is 2. The molecule has 1 atom stereocenters. The summed E-state index contributed by atoms with van der Waals surface area (Å²) in [4.78, 5) is 36.3. The first-order valence-electron chi connectivity index (χ1n) is 16.5. The van der Waals surface area contributed by atoms with Crippen molar-refractivity contribution in [1.29, 1.82) is 0 Å². The highest BCUT2D eigenvalue weighted by molar-refractivity contribution is 6.32. The SMILES string of the molecule is C=C(C)C(=O)OCCCCCCCCOc1ccc(C(=O)Oc2ccc(CCc3ccc(OC(=O)[C@@H](Cl)CC(C)C)cc3)cc2)cc1Cl. The molecule has 0 spiro atoms. The van der Waals surface area contributed by atoms with Gasteiger partial charge in [-0.2, -0.15) is 0 Å². The molecule has 0 aliphatic carbocycles. The predicted molar refractivity (Wildman–Crippen MR) is 190 cm³/mol. The Morgan fingerprint density at radius 2 is 1.29 bits per heavy atom. The van der Waals surface area contributed by atoms with E-state index in [9.17, 15) is 14.4 Å². The molecule has 3 rings (SSSR count). The Kier molecular flexibility index (Phi) is 16.5. The van der Waals surface area contributed by atoms with Gasteiger partial charge in [-0.3, -0.25) is 4.79 Å². The van der Waals surface area contributed by atoms with Crippen LogP contribution in [0.25, 0.3) is 0 Å². The van der Waals surface area contributed by atoms with Gasteiger partial charge in [0.2, 0.25) is 0 Å². The molecule has 9 heteroatoms. The van der Waals surface area contributed by atoms with Crippen LogP contribution in [0.2, 0.25) is 5.02 Å². The number of rotatable bonds is 20. The molecule has 0 saturated heterocycles. The van der Waals surface area contributed by atoms with Crippen LogP contribution in [0, 0.1) is 5.92 Å². The number of hydrogen-bond donors (Lipinski definition) is 0. The molecule has 3 aromatic carbocycles. The van der Waals surface area contributed by atoms with E-state index in [0.29, 0.717) is 59.0 Å². The number of carbonyl (C=O) groups excluding carboxylic acids is 3. The van der Waals surface area contributed by atoms with Crippen LogP contribution in [0.1, 0.15) is 87.2 Å². The van der Waals surface area contributed by atoms with Crippen molar-refractivity contribution in [3.05, 3.63) is 101 Å². The van der Waals surface area contributed by atoms with Crippen LogP contribution in [0.4, 0.5) is 0 Å². The number of hydrogen-bond acceptors (Lipinski definition) is 7. The predicted octanol–water partition coefficient (Wildman–Crippen LogP) is 9.74. The highest BCUT2D eigenvalue weighted by Gasteiger charge is 2.19. The second-order valence-electron chi connectivity index (χ2n) is 12.2. The summed E-state index contributed by atoms with van der Waals surface area (Å²) in [6, 6.07) is 19.7. The lowest BCUT2D eigenvalue weighted by molar-refractivity contribution is -0.139. The fourth-order valence-electron chi connectivity index (χ4n) is 4.72. The molecule has 0 amide bonds. The minimum Gasteiger partial charge on any atom is -0.492 e. The van der Waals surface area contributed by atoms with E-state index >= 15 is 0 Å². The van der Waals surface area contributed by atoms with E-state index < -0.39 is 17.3 Å². The maximum absolute atomic E-state index is 12.8. The second kappa shape index (κ2) is 20.5. The third-order valence-corrected chi connectivity index (χ3v) is 8.11.